The smallest absolute Gasteiger partial charge is 0.549 e. The zero-order valence-electron chi connectivity index (χ0n) is 25.0. The van der Waals surface area contributed by atoms with Crippen molar-refractivity contribution in [3.05, 3.63) is 35.9 Å². The van der Waals surface area contributed by atoms with Crippen molar-refractivity contribution >= 4 is 17.9 Å². The molecule has 1 aromatic rings. The van der Waals surface area contributed by atoms with Crippen LogP contribution in [0.3, 0.4) is 0 Å². The van der Waals surface area contributed by atoms with Gasteiger partial charge >= 0.3 is 39.9 Å². The van der Waals surface area contributed by atoms with E-state index >= 15 is 0 Å². The van der Waals surface area contributed by atoms with Crippen LogP contribution in [0.4, 0.5) is 0 Å². The monoisotopic (exact) mass is 718 g/mol. The molecular weight excluding hydrogens is 668 g/mol. The summed E-state index contributed by atoms with van der Waals surface area (Å²) in [4.78, 5) is 38.6. The molecule has 0 amide bonds. The molecule has 0 heterocycles. The van der Waals surface area contributed by atoms with E-state index in [0.29, 0.717) is 6.54 Å². The van der Waals surface area contributed by atoms with Crippen molar-refractivity contribution in [2.24, 2.45) is 0 Å². The summed E-state index contributed by atoms with van der Waals surface area (Å²) in [6, 6.07) is 10.8. The summed E-state index contributed by atoms with van der Waals surface area (Å²) in [6.45, 7) is 5.21. The van der Waals surface area contributed by atoms with Gasteiger partial charge in [-0.3, -0.25) is 14.7 Å². The molecule has 0 saturated heterocycles. The number of carbonyl (C=O) groups is 3. The van der Waals surface area contributed by atoms with Crippen molar-refractivity contribution in [1.82, 2.24) is 14.7 Å². The average Bonchev–Trinajstić information content (AvgIpc) is 2.90. The molecule has 0 saturated carbocycles. The largest absolute Gasteiger partial charge is 3.00 e. The minimum Gasteiger partial charge on any atom is -0.549 e. The van der Waals surface area contributed by atoms with Gasteiger partial charge in [-0.05, 0) is 37.9 Å². The summed E-state index contributed by atoms with van der Waals surface area (Å²) in [6.07, 6.45) is 13.1. The standard InChI is InChI=1S/C31H53N3O6.Gd/c1-3-34(4-2)28(23-32(24-29(35)36)21-22-33(25-30(37)38)26-31(39)40)20-16-11-9-7-5-6-8-10-13-17-27-18-14-12-15-19-27;/h12,14-15,18-19,28H,3-11,13,16-17,20-26H2,1-2H3,(H,35,36)(H,37,38)(H,39,40);/q;+3/p-3. The van der Waals surface area contributed by atoms with E-state index in [1.807, 2.05) is 0 Å². The summed E-state index contributed by atoms with van der Waals surface area (Å²) in [5.74, 6) is -4.00. The number of aliphatic carboxylic acids is 3. The maximum atomic E-state index is 11.4. The van der Waals surface area contributed by atoms with Crippen LogP contribution in [0.25, 0.3) is 0 Å². The number of carboxylic acid groups (broad SMARTS) is 3. The summed E-state index contributed by atoms with van der Waals surface area (Å²) in [5, 5.41) is 33.4. The number of carbonyl (C=O) groups excluding carboxylic acids is 3. The van der Waals surface area contributed by atoms with E-state index in [9.17, 15) is 29.7 Å². The van der Waals surface area contributed by atoms with E-state index < -0.39 is 31.0 Å². The van der Waals surface area contributed by atoms with Crippen LogP contribution in [-0.2, 0) is 20.8 Å². The maximum absolute atomic E-state index is 11.4. The van der Waals surface area contributed by atoms with Crippen LogP contribution in [-0.4, -0.2) is 91.0 Å². The van der Waals surface area contributed by atoms with Crippen LogP contribution in [0.2, 0.25) is 0 Å². The van der Waals surface area contributed by atoms with Crippen LogP contribution in [0, 0.1) is 39.9 Å². The predicted molar refractivity (Wildman–Crippen MR) is 151 cm³/mol. The Kier molecular flexibility index (Phi) is 24.6. The molecule has 0 N–H and O–H groups in total. The normalized spacial score (nSPS) is 12.0. The molecule has 0 bridgehead atoms. The summed E-state index contributed by atoms with van der Waals surface area (Å²) < 4.78 is 0. The Bertz CT molecular complexity index is 809. The molecule has 0 aliphatic rings. The molecule has 1 rings (SSSR count). The third kappa shape index (κ3) is 21.2. The molecule has 1 aromatic carbocycles. The fourth-order valence-electron chi connectivity index (χ4n) is 5.30. The molecule has 1 radical (unpaired) electrons. The fourth-order valence-corrected chi connectivity index (χ4v) is 5.30. The van der Waals surface area contributed by atoms with E-state index in [2.05, 4.69) is 49.1 Å². The van der Waals surface area contributed by atoms with Crippen molar-refractivity contribution in [1.29, 1.82) is 0 Å². The minimum atomic E-state index is -1.39. The number of unbranched alkanes of at least 4 members (excludes halogenated alkanes) is 8. The third-order valence-corrected chi connectivity index (χ3v) is 7.43. The van der Waals surface area contributed by atoms with Crippen LogP contribution in [0.1, 0.15) is 83.6 Å². The molecule has 1 atom stereocenters. The van der Waals surface area contributed by atoms with Gasteiger partial charge in [-0.25, -0.2) is 0 Å². The topological polar surface area (TPSA) is 130 Å². The van der Waals surface area contributed by atoms with E-state index in [1.54, 1.807) is 4.90 Å². The van der Waals surface area contributed by atoms with Gasteiger partial charge in [0.25, 0.3) is 0 Å². The summed E-state index contributed by atoms with van der Waals surface area (Å²) in [7, 11) is 0. The number of benzene rings is 1. The van der Waals surface area contributed by atoms with E-state index in [-0.39, 0.29) is 65.6 Å². The maximum Gasteiger partial charge on any atom is 3.00 e. The number of rotatable bonds is 26. The molecule has 233 valence electrons. The summed E-state index contributed by atoms with van der Waals surface area (Å²) >= 11 is 0. The van der Waals surface area contributed by atoms with Crippen LogP contribution in [0.5, 0.6) is 0 Å². The average molecular weight is 718 g/mol. The number of likely N-dealkylation sites (N-methyl/N-ethyl adjacent to an activating group) is 1. The molecule has 10 heteroatoms. The third-order valence-electron chi connectivity index (χ3n) is 7.43. The Labute approximate surface area is 279 Å². The zero-order chi connectivity index (χ0) is 29.6. The number of nitrogens with zero attached hydrogens (tertiary/aromatic N) is 3. The van der Waals surface area contributed by atoms with Gasteiger partial charge in [0.15, 0.2) is 0 Å². The first-order valence-corrected chi connectivity index (χ1v) is 15.1. The second-order valence-electron chi connectivity index (χ2n) is 10.6. The van der Waals surface area contributed by atoms with Gasteiger partial charge in [-0.2, -0.15) is 0 Å². The van der Waals surface area contributed by atoms with Crippen molar-refractivity contribution in [2.75, 3.05) is 52.4 Å². The zero-order valence-corrected chi connectivity index (χ0v) is 27.3. The molecular formula is C31H50GdN3O6. The Morgan fingerprint density at radius 3 is 1.59 bits per heavy atom. The first kappa shape index (κ1) is 39.8. The quantitative estimate of drug-likeness (QED) is 0.127. The Balaban J connectivity index is 0.0000160. The predicted octanol–water partition coefficient (Wildman–Crippen LogP) is 0.694. The molecule has 0 aromatic heterocycles. The number of aryl methyl sites for hydroxylation is 1. The molecule has 1 unspecified atom stereocenters. The first-order chi connectivity index (χ1) is 19.2. The Morgan fingerprint density at radius 2 is 1.10 bits per heavy atom. The minimum absolute atomic E-state index is 0. The van der Waals surface area contributed by atoms with Gasteiger partial charge in [0, 0.05) is 45.3 Å². The molecule has 0 aliphatic carbocycles. The summed E-state index contributed by atoms with van der Waals surface area (Å²) in [5.41, 5.74) is 1.42. The van der Waals surface area contributed by atoms with E-state index in [4.69, 9.17) is 0 Å². The molecule has 9 nitrogen and oxygen atoms in total. The van der Waals surface area contributed by atoms with Crippen molar-refractivity contribution in [3.8, 4) is 0 Å². The molecule has 0 spiro atoms. The van der Waals surface area contributed by atoms with Gasteiger partial charge in [0.1, 0.15) is 0 Å². The van der Waals surface area contributed by atoms with Gasteiger partial charge in [-0.1, -0.05) is 95.5 Å². The Hall–Kier alpha value is -1.17. The Morgan fingerprint density at radius 1 is 0.659 bits per heavy atom. The van der Waals surface area contributed by atoms with Gasteiger partial charge in [0.05, 0.1) is 17.9 Å². The van der Waals surface area contributed by atoms with Crippen LogP contribution < -0.4 is 15.3 Å². The molecule has 0 fully saturated rings. The number of hydrogen-bond acceptors (Lipinski definition) is 9. The number of carboxylic acids is 3. The van der Waals surface area contributed by atoms with Crippen molar-refractivity contribution in [2.45, 2.75) is 90.5 Å². The van der Waals surface area contributed by atoms with Gasteiger partial charge in [0.2, 0.25) is 0 Å². The second kappa shape index (κ2) is 25.3. The molecule has 0 aliphatic heterocycles. The number of hydrogen-bond donors (Lipinski definition) is 0. The van der Waals surface area contributed by atoms with Crippen molar-refractivity contribution in [3.63, 3.8) is 0 Å². The molecule has 41 heavy (non-hydrogen) atoms. The van der Waals surface area contributed by atoms with E-state index in [0.717, 1.165) is 38.8 Å². The second-order valence-corrected chi connectivity index (χ2v) is 10.6. The van der Waals surface area contributed by atoms with Crippen molar-refractivity contribution < 1.29 is 69.6 Å². The SMILES string of the molecule is CCN(CC)C(CCCCCCCCCCCc1ccccc1)CN(CCN(CC(=O)[O-])CC(=O)[O-])CC(=O)[O-].[Gd+3]. The van der Waals surface area contributed by atoms with Crippen LogP contribution >= 0.6 is 0 Å². The van der Waals surface area contributed by atoms with Crippen LogP contribution in [0.15, 0.2) is 30.3 Å². The first-order valence-electron chi connectivity index (χ1n) is 15.1. The van der Waals surface area contributed by atoms with Gasteiger partial charge < -0.3 is 29.7 Å². The van der Waals surface area contributed by atoms with Gasteiger partial charge in [-0.15, -0.1) is 0 Å². The fraction of sp³-hybridized carbons (Fsp3) is 0.710. The van der Waals surface area contributed by atoms with E-state index in [1.165, 1.54) is 55.4 Å².